The first-order chi connectivity index (χ1) is 11.2. The van der Waals surface area contributed by atoms with E-state index in [1.54, 1.807) is 19.2 Å². The molecule has 1 saturated heterocycles. The molecule has 0 bridgehead atoms. The predicted octanol–water partition coefficient (Wildman–Crippen LogP) is 1.74. The second kappa shape index (κ2) is 7.01. The Hall–Kier alpha value is -2.06. The van der Waals surface area contributed by atoms with Gasteiger partial charge in [0.1, 0.15) is 0 Å². The van der Waals surface area contributed by atoms with Gasteiger partial charge in [0, 0.05) is 31.0 Å². The van der Waals surface area contributed by atoms with Gasteiger partial charge in [0.15, 0.2) is 5.01 Å². The number of anilines is 1. The highest BCUT2D eigenvalue weighted by Gasteiger charge is 2.21. The molecule has 0 saturated carbocycles. The Morgan fingerprint density at radius 2 is 2.17 bits per heavy atom. The molecular formula is C15H18N4O3S. The highest BCUT2D eigenvalue weighted by Crippen LogP contribution is 2.30. The summed E-state index contributed by atoms with van der Waals surface area (Å²) < 4.78 is 4.99. The number of aromatic nitrogens is 3. The molecule has 122 valence electrons. The minimum absolute atomic E-state index is 0.218. The number of hydrogen-bond acceptors (Lipinski definition) is 8. The molecule has 8 heteroatoms. The van der Waals surface area contributed by atoms with E-state index in [2.05, 4.69) is 20.1 Å². The maximum atomic E-state index is 11.8. The van der Waals surface area contributed by atoms with Crippen LogP contribution in [0, 0.1) is 0 Å². The molecule has 0 unspecified atom stereocenters. The van der Waals surface area contributed by atoms with Crippen LogP contribution in [0.25, 0.3) is 10.6 Å². The van der Waals surface area contributed by atoms with Gasteiger partial charge < -0.3 is 14.7 Å². The molecule has 1 aliphatic rings. The van der Waals surface area contributed by atoms with Crippen molar-refractivity contribution < 1.29 is 14.6 Å². The largest absolute Gasteiger partial charge is 0.462 e. The van der Waals surface area contributed by atoms with Gasteiger partial charge in [0.05, 0.1) is 18.3 Å². The topological polar surface area (TPSA) is 88.4 Å². The maximum absolute atomic E-state index is 11.8. The van der Waals surface area contributed by atoms with Gasteiger partial charge in [-0.05, 0) is 25.8 Å². The monoisotopic (exact) mass is 334 g/mol. The van der Waals surface area contributed by atoms with E-state index in [9.17, 15) is 9.90 Å². The second-order valence-corrected chi connectivity index (χ2v) is 6.25. The number of aliphatic hydroxyl groups is 1. The Morgan fingerprint density at radius 3 is 2.91 bits per heavy atom. The average molecular weight is 334 g/mol. The Labute approximate surface area is 137 Å². The molecule has 0 amide bonds. The molecule has 1 aliphatic heterocycles. The summed E-state index contributed by atoms with van der Waals surface area (Å²) in [5, 5.41) is 19.5. The van der Waals surface area contributed by atoms with E-state index in [1.807, 2.05) is 0 Å². The van der Waals surface area contributed by atoms with Crippen LogP contribution < -0.4 is 4.90 Å². The van der Waals surface area contributed by atoms with Crippen molar-refractivity contribution in [1.29, 1.82) is 0 Å². The summed E-state index contributed by atoms with van der Waals surface area (Å²) in [7, 11) is 0. The van der Waals surface area contributed by atoms with E-state index in [0.717, 1.165) is 36.6 Å². The zero-order valence-corrected chi connectivity index (χ0v) is 13.6. The van der Waals surface area contributed by atoms with E-state index < -0.39 is 5.97 Å². The van der Waals surface area contributed by atoms with Crippen LogP contribution in [0.1, 0.15) is 30.1 Å². The predicted molar refractivity (Wildman–Crippen MR) is 86.6 cm³/mol. The van der Waals surface area contributed by atoms with Crippen LogP contribution in [-0.2, 0) is 4.74 Å². The molecule has 1 fully saturated rings. The average Bonchev–Trinajstić information content (AvgIpc) is 3.06. The van der Waals surface area contributed by atoms with E-state index in [4.69, 9.17) is 4.74 Å². The normalized spacial score (nSPS) is 15.7. The second-order valence-electron chi connectivity index (χ2n) is 5.29. The summed E-state index contributed by atoms with van der Waals surface area (Å²) in [6.07, 6.45) is 4.41. The molecule has 0 aromatic carbocycles. The fourth-order valence-corrected chi connectivity index (χ4v) is 3.28. The van der Waals surface area contributed by atoms with E-state index in [-0.39, 0.29) is 6.10 Å². The molecule has 3 rings (SSSR count). The maximum Gasteiger partial charge on any atom is 0.339 e. The minimum Gasteiger partial charge on any atom is -0.462 e. The van der Waals surface area contributed by atoms with Crippen LogP contribution in [-0.4, -0.2) is 52.1 Å². The Balaban J connectivity index is 1.77. The van der Waals surface area contributed by atoms with Crippen molar-refractivity contribution in [1.82, 2.24) is 15.2 Å². The number of piperidine rings is 1. The van der Waals surface area contributed by atoms with Crippen molar-refractivity contribution in [2.45, 2.75) is 25.9 Å². The first kappa shape index (κ1) is 15.8. The third-order valence-electron chi connectivity index (χ3n) is 3.65. The Kier molecular flexibility index (Phi) is 4.82. The number of aliphatic hydroxyl groups excluding tert-OH is 1. The first-order valence-corrected chi connectivity index (χ1v) is 8.38. The summed E-state index contributed by atoms with van der Waals surface area (Å²) in [4.78, 5) is 18.0. The quantitative estimate of drug-likeness (QED) is 0.852. The van der Waals surface area contributed by atoms with Crippen LogP contribution in [0.4, 0.5) is 5.13 Å². The smallest absolute Gasteiger partial charge is 0.339 e. The van der Waals surface area contributed by atoms with Crippen LogP contribution in [0.15, 0.2) is 18.5 Å². The van der Waals surface area contributed by atoms with E-state index in [0.29, 0.717) is 17.2 Å². The zero-order chi connectivity index (χ0) is 16.2. The van der Waals surface area contributed by atoms with Gasteiger partial charge in [-0.15, -0.1) is 10.2 Å². The molecular weight excluding hydrogens is 316 g/mol. The van der Waals surface area contributed by atoms with Crippen molar-refractivity contribution >= 4 is 22.4 Å². The summed E-state index contributed by atoms with van der Waals surface area (Å²) in [5.41, 5.74) is 1.15. The lowest BCUT2D eigenvalue weighted by Gasteiger charge is -2.28. The van der Waals surface area contributed by atoms with Crippen molar-refractivity contribution in [3.8, 4) is 10.6 Å². The van der Waals surface area contributed by atoms with Gasteiger partial charge >= 0.3 is 5.97 Å². The molecule has 7 nitrogen and oxygen atoms in total. The molecule has 2 aromatic rings. The Morgan fingerprint density at radius 1 is 1.39 bits per heavy atom. The fourth-order valence-electron chi connectivity index (χ4n) is 2.40. The molecule has 0 atom stereocenters. The summed E-state index contributed by atoms with van der Waals surface area (Å²) in [6.45, 7) is 3.64. The summed E-state index contributed by atoms with van der Waals surface area (Å²) in [6, 6.07) is 1.72. The van der Waals surface area contributed by atoms with Gasteiger partial charge in [0.2, 0.25) is 5.13 Å². The number of pyridine rings is 1. The molecule has 3 heterocycles. The highest BCUT2D eigenvalue weighted by molar-refractivity contribution is 7.18. The number of esters is 1. The standard InChI is InChI=1S/C15H18N4O3S/c1-2-22-14(21)11-7-10(8-16-9-11)13-17-18-15(23-13)19-5-3-12(20)4-6-19/h7-9,12,20H,2-6H2,1H3. The lowest BCUT2D eigenvalue weighted by molar-refractivity contribution is 0.0526. The van der Waals surface area contributed by atoms with Crippen LogP contribution in [0.5, 0.6) is 0 Å². The van der Waals surface area contributed by atoms with Crippen molar-refractivity contribution in [3.63, 3.8) is 0 Å². The molecule has 0 aliphatic carbocycles. The Bertz CT molecular complexity index is 683. The highest BCUT2D eigenvalue weighted by atomic mass is 32.1. The van der Waals surface area contributed by atoms with Crippen molar-refractivity contribution in [2.75, 3.05) is 24.6 Å². The number of nitrogens with zero attached hydrogens (tertiary/aromatic N) is 4. The molecule has 23 heavy (non-hydrogen) atoms. The number of carbonyl (C=O) groups is 1. The van der Waals surface area contributed by atoms with Gasteiger partial charge in [-0.25, -0.2) is 4.79 Å². The van der Waals surface area contributed by atoms with E-state index in [1.165, 1.54) is 17.5 Å². The number of carbonyl (C=O) groups excluding carboxylic acids is 1. The van der Waals surface area contributed by atoms with Crippen molar-refractivity contribution in [3.05, 3.63) is 24.0 Å². The summed E-state index contributed by atoms with van der Waals surface area (Å²) >= 11 is 1.46. The third-order valence-corrected chi connectivity index (χ3v) is 4.68. The molecule has 0 spiro atoms. The lowest BCUT2D eigenvalue weighted by atomic mass is 10.1. The molecule has 2 aromatic heterocycles. The van der Waals surface area contributed by atoms with Gasteiger partial charge in [-0.1, -0.05) is 11.3 Å². The number of ether oxygens (including phenoxy) is 1. The zero-order valence-electron chi connectivity index (χ0n) is 12.8. The van der Waals surface area contributed by atoms with Crippen molar-refractivity contribution in [2.24, 2.45) is 0 Å². The van der Waals surface area contributed by atoms with Crippen LogP contribution >= 0.6 is 11.3 Å². The number of rotatable bonds is 4. The lowest BCUT2D eigenvalue weighted by Crippen LogP contribution is -2.35. The van der Waals surface area contributed by atoms with Crippen LogP contribution in [0.3, 0.4) is 0 Å². The summed E-state index contributed by atoms with van der Waals surface area (Å²) in [5.74, 6) is -0.392. The minimum atomic E-state index is -0.392. The van der Waals surface area contributed by atoms with E-state index >= 15 is 0 Å². The molecule has 1 N–H and O–H groups in total. The SMILES string of the molecule is CCOC(=O)c1cncc(-c2nnc(N3CCC(O)CC3)s2)c1. The van der Waals surface area contributed by atoms with Gasteiger partial charge in [-0.2, -0.15) is 0 Å². The fraction of sp³-hybridized carbons (Fsp3) is 0.467. The first-order valence-electron chi connectivity index (χ1n) is 7.56. The number of hydrogen-bond donors (Lipinski definition) is 1. The third kappa shape index (κ3) is 3.65. The van der Waals surface area contributed by atoms with Gasteiger partial charge in [-0.3, -0.25) is 4.98 Å². The van der Waals surface area contributed by atoms with Crippen LogP contribution in [0.2, 0.25) is 0 Å². The van der Waals surface area contributed by atoms with Gasteiger partial charge in [0.25, 0.3) is 0 Å². The molecule has 0 radical (unpaired) electrons.